The molecule has 0 unspecified atom stereocenters. The molecule has 1 saturated heterocycles. The highest BCUT2D eigenvalue weighted by molar-refractivity contribution is 5.78. The first-order chi connectivity index (χ1) is 13.9. The van der Waals surface area contributed by atoms with Crippen LogP contribution < -0.4 is 4.90 Å². The van der Waals surface area contributed by atoms with Crippen LogP contribution in [0.3, 0.4) is 0 Å². The predicted molar refractivity (Wildman–Crippen MR) is 112 cm³/mol. The second kappa shape index (κ2) is 7.49. The number of benzene rings is 2. The summed E-state index contributed by atoms with van der Waals surface area (Å²) >= 11 is 0. The SMILES string of the molecule is C(/C=C/c1ccco1)=N/N1CC[NH+](C2c3ccccc3-c3ccccc32)CC1. The summed E-state index contributed by atoms with van der Waals surface area (Å²) in [5, 5.41) is 6.77. The third-order valence-electron chi connectivity index (χ3n) is 5.74. The van der Waals surface area contributed by atoms with Crippen LogP contribution in [-0.2, 0) is 0 Å². The molecule has 4 nitrogen and oxygen atoms in total. The molecule has 0 amide bonds. The lowest BCUT2D eigenvalue weighted by Crippen LogP contribution is -3.14. The second-order valence-corrected chi connectivity index (χ2v) is 7.36. The van der Waals surface area contributed by atoms with E-state index in [0.717, 1.165) is 31.9 Å². The summed E-state index contributed by atoms with van der Waals surface area (Å²) in [7, 11) is 0. The maximum Gasteiger partial charge on any atom is 0.140 e. The van der Waals surface area contributed by atoms with E-state index < -0.39 is 0 Å². The number of quaternary nitrogens is 1. The summed E-state index contributed by atoms with van der Waals surface area (Å²) in [5.41, 5.74) is 5.74. The van der Waals surface area contributed by atoms with E-state index in [1.165, 1.54) is 22.3 Å². The number of furan rings is 1. The molecule has 2 heterocycles. The van der Waals surface area contributed by atoms with Gasteiger partial charge in [0.1, 0.15) is 11.8 Å². The predicted octanol–water partition coefficient (Wildman–Crippen LogP) is 3.25. The third-order valence-corrected chi connectivity index (χ3v) is 5.74. The number of allylic oxidation sites excluding steroid dienone is 1. The van der Waals surface area contributed by atoms with Crippen molar-refractivity contribution in [2.75, 3.05) is 26.2 Å². The van der Waals surface area contributed by atoms with E-state index in [2.05, 4.69) is 58.6 Å². The molecule has 140 valence electrons. The number of hydrazone groups is 1. The maximum atomic E-state index is 5.29. The molecule has 0 spiro atoms. The van der Waals surface area contributed by atoms with Gasteiger partial charge in [0.15, 0.2) is 0 Å². The van der Waals surface area contributed by atoms with Gasteiger partial charge in [-0.05, 0) is 35.4 Å². The van der Waals surface area contributed by atoms with Crippen molar-refractivity contribution < 1.29 is 9.32 Å². The Balaban J connectivity index is 1.27. The van der Waals surface area contributed by atoms with Gasteiger partial charge in [0, 0.05) is 17.3 Å². The van der Waals surface area contributed by atoms with Gasteiger partial charge >= 0.3 is 0 Å². The van der Waals surface area contributed by atoms with Crippen LogP contribution in [0.5, 0.6) is 0 Å². The molecule has 0 bridgehead atoms. The number of piperazine rings is 1. The molecule has 0 atom stereocenters. The van der Waals surface area contributed by atoms with E-state index in [0.29, 0.717) is 6.04 Å². The molecule has 0 saturated carbocycles. The largest absolute Gasteiger partial charge is 0.465 e. The number of nitrogens with zero attached hydrogens (tertiary/aromatic N) is 2. The lowest BCUT2D eigenvalue weighted by Gasteiger charge is -2.34. The van der Waals surface area contributed by atoms with E-state index in [-0.39, 0.29) is 0 Å². The summed E-state index contributed by atoms with van der Waals surface area (Å²) in [6.07, 6.45) is 7.39. The second-order valence-electron chi connectivity index (χ2n) is 7.36. The van der Waals surface area contributed by atoms with Gasteiger partial charge in [0.25, 0.3) is 0 Å². The van der Waals surface area contributed by atoms with Gasteiger partial charge in [0.2, 0.25) is 0 Å². The van der Waals surface area contributed by atoms with Crippen molar-refractivity contribution in [3.63, 3.8) is 0 Å². The fourth-order valence-electron chi connectivity index (χ4n) is 4.44. The van der Waals surface area contributed by atoms with Crippen molar-refractivity contribution in [2.45, 2.75) is 6.04 Å². The molecular formula is C24H24N3O+. The Morgan fingerprint density at radius 1 is 0.893 bits per heavy atom. The number of nitrogens with one attached hydrogen (secondary N) is 1. The minimum atomic E-state index is 0.442. The average Bonchev–Trinajstić information content (AvgIpc) is 3.38. The van der Waals surface area contributed by atoms with Gasteiger partial charge in [-0.2, -0.15) is 5.10 Å². The molecule has 1 aliphatic heterocycles. The van der Waals surface area contributed by atoms with Crippen LogP contribution in [0.2, 0.25) is 0 Å². The molecule has 1 aromatic heterocycles. The Kier molecular flexibility index (Phi) is 4.55. The Labute approximate surface area is 165 Å². The van der Waals surface area contributed by atoms with Crippen molar-refractivity contribution in [3.05, 3.63) is 89.9 Å². The van der Waals surface area contributed by atoms with Crippen LogP contribution in [0.25, 0.3) is 17.2 Å². The van der Waals surface area contributed by atoms with Crippen LogP contribution in [0, 0.1) is 0 Å². The van der Waals surface area contributed by atoms with Gasteiger partial charge in [-0.25, -0.2) is 0 Å². The van der Waals surface area contributed by atoms with Crippen LogP contribution in [0.1, 0.15) is 22.9 Å². The van der Waals surface area contributed by atoms with E-state index >= 15 is 0 Å². The van der Waals surface area contributed by atoms with Gasteiger partial charge in [-0.1, -0.05) is 48.5 Å². The van der Waals surface area contributed by atoms with Crippen molar-refractivity contribution in [1.29, 1.82) is 0 Å². The summed E-state index contributed by atoms with van der Waals surface area (Å²) in [4.78, 5) is 1.63. The van der Waals surface area contributed by atoms with Crippen LogP contribution in [0.4, 0.5) is 0 Å². The highest BCUT2D eigenvalue weighted by Gasteiger charge is 2.37. The molecule has 5 rings (SSSR count). The van der Waals surface area contributed by atoms with Crippen molar-refractivity contribution in [1.82, 2.24) is 5.01 Å². The maximum absolute atomic E-state index is 5.29. The highest BCUT2D eigenvalue weighted by Crippen LogP contribution is 2.41. The van der Waals surface area contributed by atoms with Crippen LogP contribution in [-0.4, -0.2) is 37.4 Å². The minimum absolute atomic E-state index is 0.442. The molecule has 0 radical (unpaired) electrons. The Bertz CT molecular complexity index is 953. The lowest BCUT2D eigenvalue weighted by molar-refractivity contribution is -0.929. The average molecular weight is 370 g/mol. The molecule has 1 N–H and O–H groups in total. The van der Waals surface area contributed by atoms with E-state index in [1.54, 1.807) is 11.2 Å². The first kappa shape index (κ1) is 17.0. The smallest absolute Gasteiger partial charge is 0.140 e. The lowest BCUT2D eigenvalue weighted by atomic mass is 10.0. The normalized spacial score (nSPS) is 17.5. The minimum Gasteiger partial charge on any atom is -0.465 e. The molecule has 28 heavy (non-hydrogen) atoms. The molecular weight excluding hydrogens is 346 g/mol. The molecule has 1 aliphatic carbocycles. The number of fused-ring (bicyclic) bond motifs is 3. The molecule has 4 heteroatoms. The fraction of sp³-hybridized carbons (Fsp3) is 0.208. The standard InChI is InChI=1S/C24H23N3O/c1-3-11-22-20(9-1)21-10-2-4-12-23(21)24(22)26-14-16-27(17-15-26)25-13-5-7-19-8-6-18-28-19/h1-13,18,24H,14-17H2/p+1/b7-5+,25-13-. The fourth-order valence-corrected chi connectivity index (χ4v) is 4.44. The molecule has 2 aromatic carbocycles. The van der Waals surface area contributed by atoms with Gasteiger partial charge in [-0.15, -0.1) is 0 Å². The third kappa shape index (κ3) is 3.16. The Morgan fingerprint density at radius 2 is 1.57 bits per heavy atom. The first-order valence-electron chi connectivity index (χ1n) is 9.92. The summed E-state index contributed by atoms with van der Waals surface area (Å²) in [5.74, 6) is 0.847. The number of hydrogen-bond donors (Lipinski definition) is 1. The van der Waals surface area contributed by atoms with E-state index in [9.17, 15) is 0 Å². The van der Waals surface area contributed by atoms with Crippen molar-refractivity contribution in [2.24, 2.45) is 5.10 Å². The van der Waals surface area contributed by atoms with Crippen LogP contribution >= 0.6 is 0 Å². The number of rotatable bonds is 4. The molecule has 3 aromatic rings. The van der Waals surface area contributed by atoms with Gasteiger partial charge < -0.3 is 9.32 Å². The number of hydrogen-bond acceptors (Lipinski definition) is 3. The van der Waals surface area contributed by atoms with Crippen molar-refractivity contribution in [3.8, 4) is 11.1 Å². The van der Waals surface area contributed by atoms with Gasteiger partial charge in [0.05, 0.1) is 32.4 Å². The van der Waals surface area contributed by atoms with E-state index in [1.807, 2.05) is 30.5 Å². The quantitative estimate of drug-likeness (QED) is 0.715. The molecule has 1 fully saturated rings. The summed E-state index contributed by atoms with van der Waals surface area (Å²) in [6.45, 7) is 4.13. The summed E-state index contributed by atoms with van der Waals surface area (Å²) in [6, 6.07) is 22.0. The summed E-state index contributed by atoms with van der Waals surface area (Å²) < 4.78 is 5.29. The topological polar surface area (TPSA) is 33.2 Å². The molecule has 2 aliphatic rings. The first-order valence-corrected chi connectivity index (χ1v) is 9.92. The van der Waals surface area contributed by atoms with Crippen molar-refractivity contribution >= 4 is 12.3 Å². The monoisotopic (exact) mass is 370 g/mol. The van der Waals surface area contributed by atoms with E-state index in [4.69, 9.17) is 4.42 Å². The van der Waals surface area contributed by atoms with Crippen LogP contribution in [0.15, 0.2) is 82.5 Å². The van der Waals surface area contributed by atoms with Gasteiger partial charge in [-0.3, -0.25) is 5.01 Å². The Morgan fingerprint density at radius 3 is 2.21 bits per heavy atom. The zero-order valence-electron chi connectivity index (χ0n) is 15.8. The Hall–Kier alpha value is -3.11. The highest BCUT2D eigenvalue weighted by atomic mass is 16.3. The zero-order chi connectivity index (χ0) is 18.8. The zero-order valence-corrected chi connectivity index (χ0v) is 15.8.